The largest absolute Gasteiger partial charge is 0.465 e. The number of hydrogen-bond donors (Lipinski definition) is 2. The third-order valence-corrected chi connectivity index (χ3v) is 6.66. The maximum Gasteiger partial charge on any atom is 0.408 e. The molecule has 0 spiro atoms. The number of fused-ring (bicyclic) bond motifs is 3. The van der Waals surface area contributed by atoms with E-state index in [2.05, 4.69) is 5.32 Å². The van der Waals surface area contributed by atoms with Crippen LogP contribution in [0.1, 0.15) is 39.2 Å². The first kappa shape index (κ1) is 20.8. The summed E-state index contributed by atoms with van der Waals surface area (Å²) in [4.78, 5) is 38.3. The Morgan fingerprint density at radius 3 is 2.26 bits per heavy atom. The van der Waals surface area contributed by atoms with Crippen molar-refractivity contribution in [2.75, 3.05) is 11.9 Å². The Bertz CT molecular complexity index is 1120. The summed E-state index contributed by atoms with van der Waals surface area (Å²) in [7, 11) is 0. The minimum atomic E-state index is -1.16. The summed E-state index contributed by atoms with van der Waals surface area (Å²) in [6.45, 7) is 3.56. The molecule has 1 aromatic heterocycles. The average Bonchev–Trinajstić information content (AvgIpc) is 3.28. The van der Waals surface area contributed by atoms with Crippen molar-refractivity contribution in [2.24, 2.45) is 0 Å². The van der Waals surface area contributed by atoms with Crippen molar-refractivity contribution in [2.45, 2.75) is 25.8 Å². The highest BCUT2D eigenvalue weighted by Crippen LogP contribution is 2.45. The van der Waals surface area contributed by atoms with E-state index in [1.165, 1.54) is 16.2 Å². The molecule has 2 amide bonds. The molecule has 6 nitrogen and oxygen atoms in total. The van der Waals surface area contributed by atoms with E-state index in [-0.39, 0.29) is 12.5 Å². The summed E-state index contributed by atoms with van der Waals surface area (Å²) < 4.78 is 0. The van der Waals surface area contributed by atoms with E-state index in [1.807, 2.05) is 55.5 Å². The molecule has 1 atom stereocenters. The number of carboxylic acid groups (broad SMARTS) is 1. The van der Waals surface area contributed by atoms with E-state index in [4.69, 9.17) is 0 Å². The van der Waals surface area contributed by atoms with Gasteiger partial charge < -0.3 is 10.4 Å². The lowest BCUT2D eigenvalue weighted by molar-refractivity contribution is -0.120. The molecular weight excluding hydrogens is 412 g/mol. The number of aryl methyl sites for hydroxylation is 1. The maximum absolute atomic E-state index is 12.9. The zero-order valence-electron chi connectivity index (χ0n) is 17.2. The molecule has 0 aliphatic heterocycles. The lowest BCUT2D eigenvalue weighted by atomic mass is 9.96. The number of amides is 2. The van der Waals surface area contributed by atoms with Crippen molar-refractivity contribution in [3.8, 4) is 11.1 Å². The first-order chi connectivity index (χ1) is 14.9. The molecule has 0 radical (unpaired) electrons. The molecule has 3 aromatic rings. The Morgan fingerprint density at radius 2 is 1.71 bits per heavy atom. The van der Waals surface area contributed by atoms with E-state index >= 15 is 0 Å². The van der Waals surface area contributed by atoms with E-state index in [9.17, 15) is 19.5 Å². The number of aldehydes is 1. The number of thiophene rings is 1. The maximum atomic E-state index is 12.9. The highest BCUT2D eigenvalue weighted by Gasteiger charge is 2.34. The number of rotatable bonds is 6. The second-order valence-corrected chi connectivity index (χ2v) is 8.84. The van der Waals surface area contributed by atoms with Crippen molar-refractivity contribution < 1.29 is 19.5 Å². The standard InChI is InChI=1S/C24H22N2O4S/c1-14-11-16(13-27)23(31-14)25-22(28)15(2)26(24(29)30)12-21-19-9-5-3-7-17(19)18-8-4-6-10-20(18)21/h3-11,13,15,21H,12H2,1-2H3,(H,25,28)(H,29,30)/t15-/m0/s1. The zero-order chi connectivity index (χ0) is 22.1. The predicted molar refractivity (Wildman–Crippen MR) is 121 cm³/mol. The highest BCUT2D eigenvalue weighted by molar-refractivity contribution is 7.16. The minimum Gasteiger partial charge on any atom is -0.465 e. The number of carbonyl (C=O) groups excluding carboxylic acids is 2. The predicted octanol–water partition coefficient (Wildman–Crippen LogP) is 4.99. The topological polar surface area (TPSA) is 86.7 Å². The van der Waals surface area contributed by atoms with Crippen LogP contribution in [0.5, 0.6) is 0 Å². The van der Waals surface area contributed by atoms with E-state index in [1.54, 1.807) is 13.0 Å². The van der Waals surface area contributed by atoms with Gasteiger partial charge in [0.2, 0.25) is 5.91 Å². The molecule has 4 rings (SSSR count). The van der Waals surface area contributed by atoms with E-state index in [0.717, 1.165) is 27.1 Å². The number of hydrogen-bond acceptors (Lipinski definition) is 4. The van der Waals surface area contributed by atoms with Gasteiger partial charge in [0.05, 0.1) is 0 Å². The third-order valence-electron chi connectivity index (χ3n) is 5.68. The molecule has 1 heterocycles. The molecule has 0 bridgehead atoms. The van der Waals surface area contributed by atoms with Crippen molar-refractivity contribution in [3.63, 3.8) is 0 Å². The Morgan fingerprint density at radius 1 is 1.13 bits per heavy atom. The van der Waals surface area contributed by atoms with Gasteiger partial charge in [0.15, 0.2) is 6.29 Å². The second-order valence-electron chi connectivity index (χ2n) is 7.59. The second kappa shape index (κ2) is 8.35. The summed E-state index contributed by atoms with van der Waals surface area (Å²) in [5.41, 5.74) is 4.69. The van der Waals surface area contributed by atoms with Gasteiger partial charge in [-0.15, -0.1) is 11.3 Å². The molecular formula is C24H22N2O4S. The first-order valence-corrected chi connectivity index (χ1v) is 10.8. The van der Waals surface area contributed by atoms with Gasteiger partial charge in [0, 0.05) is 22.9 Å². The molecule has 0 unspecified atom stereocenters. The van der Waals surface area contributed by atoms with Crippen LogP contribution in [0.2, 0.25) is 0 Å². The van der Waals surface area contributed by atoms with Crippen LogP contribution in [0.3, 0.4) is 0 Å². The van der Waals surface area contributed by atoms with Gasteiger partial charge in [-0.05, 0) is 42.2 Å². The fourth-order valence-electron chi connectivity index (χ4n) is 4.13. The normalized spacial score (nSPS) is 13.2. The third kappa shape index (κ3) is 3.84. The van der Waals surface area contributed by atoms with Gasteiger partial charge in [-0.25, -0.2) is 4.79 Å². The van der Waals surface area contributed by atoms with E-state index < -0.39 is 18.0 Å². The summed E-state index contributed by atoms with van der Waals surface area (Å²) in [6.07, 6.45) is -0.479. The van der Waals surface area contributed by atoms with Crippen LogP contribution in [0.4, 0.5) is 9.80 Å². The van der Waals surface area contributed by atoms with Crippen LogP contribution in [-0.2, 0) is 4.79 Å². The fourth-order valence-corrected chi connectivity index (χ4v) is 5.02. The lowest BCUT2D eigenvalue weighted by Gasteiger charge is -2.29. The zero-order valence-corrected chi connectivity index (χ0v) is 18.0. The monoisotopic (exact) mass is 434 g/mol. The molecule has 0 fully saturated rings. The number of nitrogens with zero attached hydrogens (tertiary/aromatic N) is 1. The Kier molecular flexibility index (Phi) is 5.61. The van der Waals surface area contributed by atoms with Gasteiger partial charge >= 0.3 is 6.09 Å². The van der Waals surface area contributed by atoms with Crippen molar-refractivity contribution in [1.29, 1.82) is 0 Å². The molecule has 2 aromatic carbocycles. The highest BCUT2D eigenvalue weighted by atomic mass is 32.1. The summed E-state index contributed by atoms with van der Waals surface area (Å²) >= 11 is 1.29. The van der Waals surface area contributed by atoms with Crippen LogP contribution < -0.4 is 5.32 Å². The van der Waals surface area contributed by atoms with Gasteiger partial charge in [0.25, 0.3) is 0 Å². The van der Waals surface area contributed by atoms with Crippen LogP contribution in [0, 0.1) is 6.92 Å². The summed E-state index contributed by atoms with van der Waals surface area (Å²) in [5.74, 6) is -0.625. The van der Waals surface area contributed by atoms with Gasteiger partial charge in [-0.1, -0.05) is 48.5 Å². The molecule has 2 N–H and O–H groups in total. The fraction of sp³-hybridized carbons (Fsp3) is 0.208. The molecule has 31 heavy (non-hydrogen) atoms. The number of benzene rings is 2. The van der Waals surface area contributed by atoms with Crippen LogP contribution in [0.15, 0.2) is 54.6 Å². The SMILES string of the molecule is Cc1cc(C=O)c(NC(=O)[C@H](C)N(CC2c3ccccc3-c3ccccc32)C(=O)O)s1. The minimum absolute atomic E-state index is 0.155. The Labute approximate surface area is 184 Å². The number of anilines is 1. The van der Waals surface area contributed by atoms with Crippen molar-refractivity contribution in [1.82, 2.24) is 4.90 Å². The van der Waals surface area contributed by atoms with Crippen LogP contribution in [-0.4, -0.2) is 40.9 Å². The molecule has 1 aliphatic carbocycles. The van der Waals surface area contributed by atoms with Crippen LogP contribution in [0.25, 0.3) is 11.1 Å². The first-order valence-electron chi connectivity index (χ1n) is 9.95. The molecule has 1 aliphatic rings. The van der Waals surface area contributed by atoms with Crippen LogP contribution >= 0.6 is 11.3 Å². The lowest BCUT2D eigenvalue weighted by Crippen LogP contribution is -2.46. The van der Waals surface area contributed by atoms with E-state index in [0.29, 0.717) is 16.9 Å². The molecule has 7 heteroatoms. The van der Waals surface area contributed by atoms with Crippen molar-refractivity contribution in [3.05, 3.63) is 76.2 Å². The van der Waals surface area contributed by atoms with Gasteiger partial charge in [0.1, 0.15) is 11.0 Å². The smallest absolute Gasteiger partial charge is 0.408 e. The van der Waals surface area contributed by atoms with Gasteiger partial charge in [-0.3, -0.25) is 14.5 Å². The van der Waals surface area contributed by atoms with Crippen molar-refractivity contribution >= 4 is 34.6 Å². The Balaban J connectivity index is 1.60. The number of carbonyl (C=O) groups is 3. The summed E-state index contributed by atoms with van der Waals surface area (Å²) in [5, 5.41) is 13.1. The number of nitrogens with one attached hydrogen (secondary N) is 1. The molecule has 0 saturated heterocycles. The molecule has 158 valence electrons. The Hall–Kier alpha value is -3.45. The van der Waals surface area contributed by atoms with Gasteiger partial charge in [-0.2, -0.15) is 0 Å². The summed E-state index contributed by atoms with van der Waals surface area (Å²) in [6, 6.07) is 16.7. The quantitative estimate of drug-likeness (QED) is 0.535. The molecule has 0 saturated carbocycles. The average molecular weight is 435 g/mol.